The van der Waals surface area contributed by atoms with E-state index in [1.165, 1.54) is 7.11 Å². The Bertz CT molecular complexity index is 753. The molecule has 5 nitrogen and oxygen atoms in total. The van der Waals surface area contributed by atoms with Gasteiger partial charge in [0.25, 0.3) is 5.91 Å². The molecule has 2 aromatic rings. The molecule has 0 aliphatic rings. The molecule has 0 spiro atoms. The van der Waals surface area contributed by atoms with Gasteiger partial charge in [-0.05, 0) is 55.3 Å². The first-order valence-electron chi connectivity index (χ1n) is 7.12. The van der Waals surface area contributed by atoms with E-state index in [0.717, 1.165) is 11.3 Å². The van der Waals surface area contributed by atoms with E-state index in [9.17, 15) is 9.59 Å². The molecular weight excluding hydrogens is 294 g/mol. The minimum Gasteiger partial charge on any atom is -0.496 e. The molecule has 0 aliphatic heterocycles. The van der Waals surface area contributed by atoms with E-state index in [-0.39, 0.29) is 5.91 Å². The number of nitrogens with one attached hydrogen (secondary N) is 1. The van der Waals surface area contributed by atoms with Crippen molar-refractivity contribution in [3.8, 4) is 5.75 Å². The van der Waals surface area contributed by atoms with Crippen LogP contribution < -0.4 is 10.1 Å². The number of anilines is 1. The van der Waals surface area contributed by atoms with Crippen LogP contribution in [0.4, 0.5) is 5.69 Å². The Morgan fingerprint density at radius 3 is 2.39 bits per heavy atom. The lowest BCUT2D eigenvalue weighted by Crippen LogP contribution is -2.14. The molecule has 23 heavy (non-hydrogen) atoms. The van der Waals surface area contributed by atoms with Crippen LogP contribution in [0.15, 0.2) is 36.4 Å². The third-order valence-electron chi connectivity index (χ3n) is 3.64. The van der Waals surface area contributed by atoms with Crippen LogP contribution in [0.5, 0.6) is 5.75 Å². The number of aryl methyl sites for hydroxylation is 1. The van der Waals surface area contributed by atoms with Gasteiger partial charge in [-0.1, -0.05) is 6.07 Å². The quantitative estimate of drug-likeness (QED) is 0.879. The molecule has 0 aliphatic carbocycles. The van der Waals surface area contributed by atoms with Gasteiger partial charge in [0.1, 0.15) is 5.75 Å². The minimum atomic E-state index is -0.432. The molecule has 0 saturated heterocycles. The standard InChI is InChI=1S/C18H19NO4/c1-11-10-13(8-9-16(11)22-3)17(20)19-15-7-5-6-14(12(15)2)18(21)23-4/h5-10H,1-4H3,(H,19,20). The summed E-state index contributed by atoms with van der Waals surface area (Å²) in [6.45, 7) is 3.64. The molecule has 0 saturated carbocycles. The first-order valence-corrected chi connectivity index (χ1v) is 7.12. The van der Waals surface area contributed by atoms with Crippen LogP contribution in [0.1, 0.15) is 31.8 Å². The molecule has 0 radical (unpaired) electrons. The maximum atomic E-state index is 12.4. The highest BCUT2D eigenvalue weighted by Gasteiger charge is 2.14. The Balaban J connectivity index is 2.27. The summed E-state index contributed by atoms with van der Waals surface area (Å²) in [7, 11) is 2.91. The van der Waals surface area contributed by atoms with Crippen molar-refractivity contribution in [3.63, 3.8) is 0 Å². The van der Waals surface area contributed by atoms with Gasteiger partial charge in [0, 0.05) is 11.3 Å². The van der Waals surface area contributed by atoms with E-state index >= 15 is 0 Å². The summed E-state index contributed by atoms with van der Waals surface area (Å²) in [4.78, 5) is 24.1. The second-order valence-electron chi connectivity index (χ2n) is 5.11. The first-order chi connectivity index (χ1) is 11.0. The molecule has 0 bridgehead atoms. The van der Waals surface area contributed by atoms with Gasteiger partial charge in [0.2, 0.25) is 0 Å². The van der Waals surface area contributed by atoms with Gasteiger partial charge < -0.3 is 14.8 Å². The predicted molar refractivity (Wildman–Crippen MR) is 88.2 cm³/mol. The van der Waals surface area contributed by atoms with Crippen LogP contribution in [0, 0.1) is 13.8 Å². The average molecular weight is 313 g/mol. The zero-order valence-corrected chi connectivity index (χ0v) is 13.6. The van der Waals surface area contributed by atoms with Gasteiger partial charge in [-0.3, -0.25) is 4.79 Å². The fraction of sp³-hybridized carbons (Fsp3) is 0.222. The van der Waals surface area contributed by atoms with Crippen LogP contribution in [-0.2, 0) is 4.74 Å². The predicted octanol–water partition coefficient (Wildman–Crippen LogP) is 3.35. The Morgan fingerprint density at radius 2 is 1.78 bits per heavy atom. The number of hydrogen-bond acceptors (Lipinski definition) is 4. The Kier molecular flexibility index (Phi) is 5.01. The van der Waals surface area contributed by atoms with Gasteiger partial charge in [-0.25, -0.2) is 4.79 Å². The number of carbonyl (C=O) groups excluding carboxylic acids is 2. The zero-order chi connectivity index (χ0) is 17.0. The third kappa shape index (κ3) is 3.51. The molecular formula is C18H19NO4. The number of amides is 1. The number of hydrogen-bond donors (Lipinski definition) is 1. The van der Waals surface area contributed by atoms with E-state index in [1.54, 1.807) is 50.4 Å². The van der Waals surface area contributed by atoms with Gasteiger partial charge >= 0.3 is 5.97 Å². The highest BCUT2D eigenvalue weighted by atomic mass is 16.5. The third-order valence-corrected chi connectivity index (χ3v) is 3.64. The minimum absolute atomic E-state index is 0.249. The monoisotopic (exact) mass is 313 g/mol. The van der Waals surface area contributed by atoms with Crippen LogP contribution in [-0.4, -0.2) is 26.1 Å². The van der Waals surface area contributed by atoms with Gasteiger partial charge in [0.05, 0.1) is 19.8 Å². The lowest BCUT2D eigenvalue weighted by molar-refractivity contribution is 0.0599. The largest absolute Gasteiger partial charge is 0.496 e. The molecule has 5 heteroatoms. The molecule has 0 fully saturated rings. The Labute approximate surface area is 135 Å². The zero-order valence-electron chi connectivity index (χ0n) is 13.6. The number of benzene rings is 2. The van der Waals surface area contributed by atoms with E-state index in [2.05, 4.69) is 5.32 Å². The highest BCUT2D eigenvalue weighted by molar-refractivity contribution is 6.05. The lowest BCUT2D eigenvalue weighted by Gasteiger charge is -2.12. The normalized spacial score (nSPS) is 10.1. The number of methoxy groups -OCH3 is 2. The summed E-state index contributed by atoms with van der Waals surface area (Å²) in [6.07, 6.45) is 0. The summed E-state index contributed by atoms with van der Waals surface area (Å²) >= 11 is 0. The summed E-state index contributed by atoms with van der Waals surface area (Å²) in [5, 5.41) is 2.82. The van der Waals surface area contributed by atoms with Crippen molar-refractivity contribution in [2.75, 3.05) is 19.5 Å². The smallest absolute Gasteiger partial charge is 0.338 e. The first kappa shape index (κ1) is 16.5. The van der Waals surface area contributed by atoms with Crippen LogP contribution in [0.3, 0.4) is 0 Å². The van der Waals surface area contributed by atoms with Crippen molar-refractivity contribution in [1.82, 2.24) is 0 Å². The molecule has 0 unspecified atom stereocenters. The maximum absolute atomic E-state index is 12.4. The van der Waals surface area contributed by atoms with Crippen LogP contribution >= 0.6 is 0 Å². The molecule has 1 amide bonds. The molecule has 0 atom stereocenters. The number of carbonyl (C=O) groups is 2. The van der Waals surface area contributed by atoms with E-state index in [1.807, 2.05) is 6.92 Å². The van der Waals surface area contributed by atoms with E-state index in [4.69, 9.17) is 9.47 Å². The van der Waals surface area contributed by atoms with Gasteiger partial charge in [0.15, 0.2) is 0 Å². The highest BCUT2D eigenvalue weighted by Crippen LogP contribution is 2.22. The van der Waals surface area contributed by atoms with Gasteiger partial charge in [-0.2, -0.15) is 0 Å². The fourth-order valence-electron chi connectivity index (χ4n) is 2.32. The second-order valence-corrected chi connectivity index (χ2v) is 5.11. The van der Waals surface area contributed by atoms with E-state index < -0.39 is 5.97 Å². The summed E-state index contributed by atoms with van der Waals surface area (Å²) in [6, 6.07) is 10.3. The van der Waals surface area contributed by atoms with Crippen molar-refractivity contribution < 1.29 is 19.1 Å². The fourth-order valence-corrected chi connectivity index (χ4v) is 2.32. The summed E-state index contributed by atoms with van der Waals surface area (Å²) in [5.74, 6) is 0.0465. The molecule has 2 rings (SSSR count). The molecule has 0 aromatic heterocycles. The second kappa shape index (κ2) is 6.96. The van der Waals surface area contributed by atoms with Crippen molar-refractivity contribution in [1.29, 1.82) is 0 Å². The Hall–Kier alpha value is -2.82. The SMILES string of the molecule is COC(=O)c1cccc(NC(=O)c2ccc(OC)c(C)c2)c1C. The number of rotatable bonds is 4. The topological polar surface area (TPSA) is 64.6 Å². The summed E-state index contributed by atoms with van der Waals surface area (Å²) < 4.78 is 9.93. The van der Waals surface area contributed by atoms with Gasteiger partial charge in [-0.15, -0.1) is 0 Å². The Morgan fingerprint density at radius 1 is 1.04 bits per heavy atom. The van der Waals surface area contributed by atoms with E-state index in [0.29, 0.717) is 22.4 Å². The lowest BCUT2D eigenvalue weighted by atomic mass is 10.1. The number of ether oxygens (including phenoxy) is 2. The van der Waals surface area contributed by atoms with Crippen molar-refractivity contribution in [2.45, 2.75) is 13.8 Å². The summed E-state index contributed by atoms with van der Waals surface area (Å²) in [5.41, 5.74) is 3.06. The average Bonchev–Trinajstić information content (AvgIpc) is 2.55. The molecule has 1 N–H and O–H groups in total. The van der Waals surface area contributed by atoms with Crippen molar-refractivity contribution in [2.24, 2.45) is 0 Å². The van der Waals surface area contributed by atoms with Crippen molar-refractivity contribution >= 4 is 17.6 Å². The maximum Gasteiger partial charge on any atom is 0.338 e. The van der Waals surface area contributed by atoms with Crippen LogP contribution in [0.2, 0.25) is 0 Å². The number of esters is 1. The molecule has 120 valence electrons. The molecule has 2 aromatic carbocycles. The molecule has 0 heterocycles. The van der Waals surface area contributed by atoms with Crippen LogP contribution in [0.25, 0.3) is 0 Å². The van der Waals surface area contributed by atoms with Crippen molar-refractivity contribution in [3.05, 3.63) is 58.7 Å².